The number of benzene rings is 3. The van der Waals surface area contributed by atoms with E-state index in [0.717, 1.165) is 57.9 Å². The van der Waals surface area contributed by atoms with E-state index in [2.05, 4.69) is 43.0 Å². The first kappa shape index (κ1) is 30.7. The Bertz CT molecular complexity index is 2020. The van der Waals surface area contributed by atoms with Crippen molar-refractivity contribution in [2.45, 2.75) is 54.0 Å². The zero-order valence-corrected chi connectivity index (χ0v) is 27.8. The molecule has 0 saturated heterocycles. The minimum absolute atomic E-state index is 0.0887. The van der Waals surface area contributed by atoms with Crippen molar-refractivity contribution in [3.63, 3.8) is 0 Å². The van der Waals surface area contributed by atoms with Crippen LogP contribution < -0.4 is 9.91 Å². The third kappa shape index (κ3) is 4.82. The first-order valence-corrected chi connectivity index (χ1v) is 16.4. The van der Waals surface area contributed by atoms with Gasteiger partial charge in [0.2, 0.25) is 0 Å². The van der Waals surface area contributed by atoms with Gasteiger partial charge in [-0.25, -0.2) is 0 Å². The Hall–Kier alpha value is -4.92. The van der Waals surface area contributed by atoms with E-state index in [4.69, 9.17) is 5.10 Å². The first-order chi connectivity index (χ1) is 22.5. The number of aromatic nitrogens is 1. The summed E-state index contributed by atoms with van der Waals surface area (Å²) in [6.45, 7) is 9.48. The molecule has 0 aliphatic carbocycles. The summed E-state index contributed by atoms with van der Waals surface area (Å²) >= 11 is 0. The Kier molecular flexibility index (Phi) is 7.45. The maximum absolute atomic E-state index is 16.1. The number of hydrazone groups is 1. The number of phenolic OH excluding ortho intramolecular Hbond substituents is 1. The van der Waals surface area contributed by atoms with Gasteiger partial charge in [-0.05, 0) is 99.5 Å². The number of phenols is 1. The van der Waals surface area contributed by atoms with Crippen molar-refractivity contribution in [2.75, 3.05) is 23.0 Å². The molecule has 0 unspecified atom stereocenters. The van der Waals surface area contributed by atoms with E-state index in [1.807, 2.05) is 73.5 Å². The second-order valence-electron chi connectivity index (χ2n) is 12.8. The van der Waals surface area contributed by atoms with Gasteiger partial charge in [0.15, 0.2) is 5.70 Å². The van der Waals surface area contributed by atoms with Crippen molar-refractivity contribution in [3.8, 4) is 5.75 Å². The molecule has 6 nitrogen and oxygen atoms in total. The number of rotatable bonds is 7. The van der Waals surface area contributed by atoms with E-state index in [9.17, 15) is 5.11 Å². The van der Waals surface area contributed by atoms with Crippen LogP contribution in [0.1, 0.15) is 73.8 Å². The molecule has 9 heteroatoms. The Morgan fingerprint density at radius 2 is 1.62 bits per heavy atom. The van der Waals surface area contributed by atoms with Crippen molar-refractivity contribution in [2.24, 2.45) is 5.10 Å². The standard InChI is InChI=1S/C38H40BF2N5O/c1-7-43(8-2)30-17-13-28(14-18-30)34-23-33(32-11-9-10-12-35(32)47)42-46(34)31-19-15-29(16-20-31)36-37-24(3)21-26(5)44(37)39(40,41)45-27(6)22-25(4)38(36)45/h9-22,34,47H,7-8,23H2,1-6H3/t34-/m1/s1. The van der Waals surface area contributed by atoms with Crippen LogP contribution in [0.25, 0.3) is 5.57 Å². The van der Waals surface area contributed by atoms with Crippen LogP contribution in [-0.4, -0.2) is 45.6 Å². The summed E-state index contributed by atoms with van der Waals surface area (Å²) in [6, 6.07) is 25.8. The van der Waals surface area contributed by atoms with Crippen molar-refractivity contribution in [1.29, 1.82) is 0 Å². The van der Waals surface area contributed by atoms with Crippen molar-refractivity contribution >= 4 is 35.3 Å². The monoisotopic (exact) mass is 631 g/mol. The largest absolute Gasteiger partial charge is 0.737 e. The number of allylic oxidation sites excluding steroid dienone is 2. The summed E-state index contributed by atoms with van der Waals surface area (Å²) < 4.78 is 34.8. The molecule has 1 atom stereocenters. The predicted octanol–water partition coefficient (Wildman–Crippen LogP) is 8.44. The lowest BCUT2D eigenvalue weighted by atomic mass is 9.84. The van der Waals surface area contributed by atoms with Crippen LogP contribution in [0, 0.1) is 13.8 Å². The highest BCUT2D eigenvalue weighted by Crippen LogP contribution is 2.45. The van der Waals surface area contributed by atoms with Gasteiger partial charge in [0, 0.05) is 55.0 Å². The number of fused-ring (bicyclic) bond motifs is 2. The van der Waals surface area contributed by atoms with E-state index >= 15 is 8.63 Å². The van der Waals surface area contributed by atoms with E-state index in [1.165, 1.54) is 14.7 Å². The number of halogens is 2. The van der Waals surface area contributed by atoms with Crippen molar-refractivity contribution in [3.05, 3.63) is 130 Å². The second kappa shape index (κ2) is 11.4. The molecular formula is C38H40BF2N5O. The van der Waals surface area contributed by atoms with E-state index in [1.54, 1.807) is 19.9 Å². The Morgan fingerprint density at radius 3 is 2.28 bits per heavy atom. The molecule has 0 fully saturated rings. The van der Waals surface area contributed by atoms with Crippen LogP contribution >= 0.6 is 0 Å². The lowest BCUT2D eigenvalue weighted by molar-refractivity contribution is -0.363. The molecule has 0 spiro atoms. The summed E-state index contributed by atoms with van der Waals surface area (Å²) in [5.74, 6) is 0.202. The fourth-order valence-corrected chi connectivity index (χ4v) is 7.74. The SMILES string of the molecule is CCN(CC)c1ccc([C@H]2CC(c3ccccc3O)=NN2c2ccc(C3=C4C(C)=CC(C)=[N+]4[B-](F)(F)n4c(C)cc(C)c43)cc2)cc1. The summed E-state index contributed by atoms with van der Waals surface area (Å²) in [7, 11) is 0. The fourth-order valence-electron chi connectivity index (χ4n) is 7.74. The quantitative estimate of drug-likeness (QED) is 0.208. The lowest BCUT2D eigenvalue weighted by Gasteiger charge is -2.34. The highest BCUT2D eigenvalue weighted by atomic mass is 19.2. The maximum atomic E-state index is 16.1. The zero-order valence-electron chi connectivity index (χ0n) is 27.8. The molecule has 3 aliphatic rings. The number of aromatic hydroxyl groups is 1. The van der Waals surface area contributed by atoms with Gasteiger partial charge in [-0.3, -0.25) is 5.01 Å². The topological polar surface area (TPSA) is 47.0 Å². The first-order valence-electron chi connectivity index (χ1n) is 16.4. The molecule has 0 saturated carbocycles. The maximum Gasteiger partial charge on any atom is 0.737 e. The molecule has 0 radical (unpaired) electrons. The number of nitrogens with zero attached hydrogens (tertiary/aromatic N) is 5. The van der Waals surface area contributed by atoms with Gasteiger partial charge in [0.05, 0.1) is 23.0 Å². The summed E-state index contributed by atoms with van der Waals surface area (Å²) in [4.78, 5) is 2.32. The van der Waals surface area contributed by atoms with Gasteiger partial charge in [-0.1, -0.05) is 36.4 Å². The normalized spacial score (nSPS) is 18.4. The third-order valence-electron chi connectivity index (χ3n) is 9.89. The van der Waals surface area contributed by atoms with Crippen LogP contribution in [-0.2, 0) is 0 Å². The predicted molar refractivity (Wildman–Crippen MR) is 189 cm³/mol. The van der Waals surface area contributed by atoms with Crippen LogP contribution in [0.2, 0.25) is 0 Å². The highest BCUT2D eigenvalue weighted by Gasteiger charge is 2.55. The number of hydrogen-bond acceptors (Lipinski definition) is 4. The zero-order chi connectivity index (χ0) is 33.2. The van der Waals surface area contributed by atoms with Crippen LogP contribution in [0.15, 0.2) is 101 Å². The number of anilines is 2. The molecule has 0 bridgehead atoms. The summed E-state index contributed by atoms with van der Waals surface area (Å²) in [5, 5.41) is 17.8. The molecule has 0 amide bonds. The van der Waals surface area contributed by atoms with Crippen molar-refractivity contribution in [1.82, 2.24) is 4.48 Å². The fraction of sp³-hybridized carbons (Fsp3) is 0.263. The molecule has 1 aromatic heterocycles. The van der Waals surface area contributed by atoms with Gasteiger partial charge in [0.25, 0.3) is 0 Å². The van der Waals surface area contributed by atoms with E-state index in [-0.39, 0.29) is 11.8 Å². The van der Waals surface area contributed by atoms with E-state index in [0.29, 0.717) is 29.2 Å². The Balaban J connectivity index is 1.32. The number of aryl methyl sites for hydroxylation is 2. The van der Waals surface area contributed by atoms with Gasteiger partial charge in [0.1, 0.15) is 11.5 Å². The molecule has 240 valence electrons. The molecule has 3 aromatic carbocycles. The molecule has 47 heavy (non-hydrogen) atoms. The van der Waals surface area contributed by atoms with Crippen LogP contribution in [0.3, 0.4) is 0 Å². The molecule has 3 aliphatic heterocycles. The van der Waals surface area contributed by atoms with Gasteiger partial charge >= 0.3 is 6.97 Å². The van der Waals surface area contributed by atoms with Crippen molar-refractivity contribution < 1.29 is 18.2 Å². The smallest absolute Gasteiger partial charge is 0.507 e. The lowest BCUT2D eigenvalue weighted by Crippen LogP contribution is -2.51. The third-order valence-corrected chi connectivity index (χ3v) is 9.89. The number of hydrogen-bond donors (Lipinski definition) is 1. The number of para-hydroxylation sites is 1. The molecule has 1 N–H and O–H groups in total. The highest BCUT2D eigenvalue weighted by molar-refractivity contribution is 6.58. The average Bonchev–Trinajstić information content (AvgIpc) is 3.72. The molecule has 4 aromatic rings. The second-order valence-corrected chi connectivity index (χ2v) is 12.8. The minimum Gasteiger partial charge on any atom is -0.507 e. The molecule has 7 rings (SSSR count). The van der Waals surface area contributed by atoms with Gasteiger partial charge in [-0.2, -0.15) is 5.10 Å². The van der Waals surface area contributed by atoms with Crippen LogP contribution in [0.4, 0.5) is 20.0 Å². The van der Waals surface area contributed by atoms with Gasteiger partial charge in [-0.15, -0.1) is 0 Å². The Morgan fingerprint density at radius 1 is 0.936 bits per heavy atom. The van der Waals surface area contributed by atoms with Crippen LogP contribution in [0.5, 0.6) is 5.75 Å². The molecular weight excluding hydrogens is 591 g/mol. The molecule has 4 heterocycles. The Labute approximate surface area is 275 Å². The van der Waals surface area contributed by atoms with Gasteiger partial charge < -0.3 is 27.6 Å². The summed E-state index contributed by atoms with van der Waals surface area (Å²) in [6.07, 6.45) is 2.47. The van der Waals surface area contributed by atoms with E-state index < -0.39 is 6.97 Å². The summed E-state index contributed by atoms with van der Waals surface area (Å²) in [5.41, 5.74) is 10.3. The minimum atomic E-state index is -4.03. The average molecular weight is 632 g/mol.